The zero-order valence-electron chi connectivity index (χ0n) is 11.6. The molecule has 0 aliphatic rings. The Morgan fingerprint density at radius 3 is 2.71 bits per heavy atom. The summed E-state index contributed by atoms with van der Waals surface area (Å²) in [5.74, 6) is -1.20. The molecule has 0 radical (unpaired) electrons. The van der Waals surface area contributed by atoms with Crippen molar-refractivity contribution >= 4 is 15.9 Å². The van der Waals surface area contributed by atoms with Crippen LogP contribution in [-0.2, 0) is 6.42 Å². The smallest absolute Gasteiger partial charge is 0.229 e. The topological polar surface area (TPSA) is 59.2 Å². The summed E-state index contributed by atoms with van der Waals surface area (Å²) in [5.41, 5.74) is 0.294. The Labute approximate surface area is 129 Å². The van der Waals surface area contributed by atoms with Crippen molar-refractivity contribution in [2.45, 2.75) is 32.8 Å². The first-order chi connectivity index (χ1) is 9.88. The van der Waals surface area contributed by atoms with Gasteiger partial charge >= 0.3 is 0 Å². The fourth-order valence-electron chi connectivity index (χ4n) is 1.97. The van der Waals surface area contributed by atoms with Gasteiger partial charge in [0.2, 0.25) is 11.7 Å². The molecule has 4 nitrogen and oxygen atoms in total. The number of rotatable bonds is 5. The van der Waals surface area contributed by atoms with E-state index in [9.17, 15) is 13.9 Å². The van der Waals surface area contributed by atoms with Crippen molar-refractivity contribution in [1.82, 2.24) is 10.1 Å². The minimum atomic E-state index is -1.00. The number of hydrogen-bond acceptors (Lipinski definition) is 4. The fourth-order valence-corrected chi connectivity index (χ4v) is 2.47. The van der Waals surface area contributed by atoms with Crippen LogP contribution in [0.3, 0.4) is 0 Å². The van der Waals surface area contributed by atoms with Crippen LogP contribution in [-0.4, -0.2) is 21.4 Å². The summed E-state index contributed by atoms with van der Waals surface area (Å²) in [6.07, 6.45) is 0.269. The molecule has 0 amide bonds. The van der Waals surface area contributed by atoms with Gasteiger partial charge in [0.25, 0.3) is 0 Å². The predicted octanol–water partition coefficient (Wildman–Crippen LogP) is 3.73. The van der Waals surface area contributed by atoms with Gasteiger partial charge in [-0.05, 0) is 40.4 Å². The molecule has 2 rings (SSSR count). The molecule has 0 saturated carbocycles. The molecule has 0 bridgehead atoms. The van der Waals surface area contributed by atoms with Crippen LogP contribution in [0.2, 0.25) is 0 Å². The van der Waals surface area contributed by atoms with Gasteiger partial charge in [0.05, 0.1) is 17.0 Å². The van der Waals surface area contributed by atoms with Crippen LogP contribution in [0.4, 0.5) is 8.78 Å². The summed E-state index contributed by atoms with van der Waals surface area (Å²) in [4.78, 5) is 4.10. The van der Waals surface area contributed by atoms with Crippen molar-refractivity contribution in [3.63, 3.8) is 0 Å². The summed E-state index contributed by atoms with van der Waals surface area (Å²) in [6, 6.07) is 2.36. The molecule has 0 aliphatic carbocycles. The summed E-state index contributed by atoms with van der Waals surface area (Å²) in [6.45, 7) is 4.00. The Bertz CT molecular complexity index is 631. The lowest BCUT2D eigenvalue weighted by Gasteiger charge is -2.09. The second-order valence-electron chi connectivity index (χ2n) is 5.22. The monoisotopic (exact) mass is 360 g/mol. The molecule has 1 atom stereocenters. The Morgan fingerprint density at radius 2 is 2.05 bits per heavy atom. The molecule has 1 N–H and O–H groups in total. The van der Waals surface area contributed by atoms with Crippen LogP contribution in [0.5, 0.6) is 0 Å². The molecular weight excluding hydrogens is 346 g/mol. The number of aliphatic hydroxyl groups is 1. The fraction of sp³-hybridized carbons (Fsp3) is 0.429. The van der Waals surface area contributed by atoms with Crippen molar-refractivity contribution in [3.8, 4) is 11.4 Å². The molecule has 2 aromatic rings. The van der Waals surface area contributed by atoms with Crippen molar-refractivity contribution in [2.75, 3.05) is 0 Å². The van der Waals surface area contributed by atoms with E-state index < -0.39 is 17.7 Å². The molecule has 0 aliphatic heterocycles. The van der Waals surface area contributed by atoms with Crippen LogP contribution in [0.25, 0.3) is 11.4 Å². The summed E-state index contributed by atoms with van der Waals surface area (Å²) < 4.78 is 31.5. The highest BCUT2D eigenvalue weighted by Crippen LogP contribution is 2.30. The zero-order valence-corrected chi connectivity index (χ0v) is 13.2. The Kier molecular flexibility index (Phi) is 5.05. The molecular formula is C14H15BrF2N2O2. The van der Waals surface area contributed by atoms with Crippen molar-refractivity contribution in [1.29, 1.82) is 0 Å². The highest BCUT2D eigenvalue weighted by atomic mass is 79.9. The second-order valence-corrected chi connectivity index (χ2v) is 6.02. The average molecular weight is 361 g/mol. The summed E-state index contributed by atoms with van der Waals surface area (Å²) >= 11 is 2.97. The molecule has 1 unspecified atom stereocenters. The third-order valence-corrected chi connectivity index (χ3v) is 3.67. The van der Waals surface area contributed by atoms with Gasteiger partial charge in [0, 0.05) is 5.56 Å². The Balaban J connectivity index is 2.19. The molecule has 1 aromatic carbocycles. The van der Waals surface area contributed by atoms with E-state index in [0.29, 0.717) is 17.9 Å². The first-order valence-corrected chi connectivity index (χ1v) is 7.32. The number of hydrogen-bond donors (Lipinski definition) is 1. The van der Waals surface area contributed by atoms with E-state index in [1.807, 2.05) is 13.8 Å². The lowest BCUT2D eigenvalue weighted by molar-refractivity contribution is 0.138. The highest BCUT2D eigenvalue weighted by Gasteiger charge is 2.18. The largest absolute Gasteiger partial charge is 0.393 e. The van der Waals surface area contributed by atoms with Gasteiger partial charge < -0.3 is 9.63 Å². The predicted molar refractivity (Wildman–Crippen MR) is 76.5 cm³/mol. The molecule has 1 aromatic heterocycles. The minimum absolute atomic E-state index is 0.0578. The van der Waals surface area contributed by atoms with Gasteiger partial charge in [-0.2, -0.15) is 4.98 Å². The van der Waals surface area contributed by atoms with Crippen molar-refractivity contribution < 1.29 is 18.4 Å². The highest BCUT2D eigenvalue weighted by molar-refractivity contribution is 9.10. The number of aromatic nitrogens is 2. The van der Waals surface area contributed by atoms with E-state index in [1.54, 1.807) is 0 Å². The summed E-state index contributed by atoms with van der Waals surface area (Å²) in [7, 11) is 0. The van der Waals surface area contributed by atoms with Crippen molar-refractivity contribution in [2.24, 2.45) is 5.92 Å². The van der Waals surface area contributed by atoms with Crippen molar-refractivity contribution in [3.05, 3.63) is 34.1 Å². The first-order valence-electron chi connectivity index (χ1n) is 6.53. The molecule has 0 spiro atoms. The molecule has 1 heterocycles. The van der Waals surface area contributed by atoms with Crippen LogP contribution in [0.1, 0.15) is 26.2 Å². The second kappa shape index (κ2) is 6.62. The van der Waals surface area contributed by atoms with Gasteiger partial charge in [-0.3, -0.25) is 0 Å². The van der Waals surface area contributed by atoms with E-state index in [0.717, 1.165) is 6.07 Å². The SMILES string of the molecule is CC(C)CC(O)Cc1nc(-c2ccc(F)c(F)c2Br)no1. The van der Waals surface area contributed by atoms with Gasteiger partial charge in [-0.25, -0.2) is 8.78 Å². The molecule has 21 heavy (non-hydrogen) atoms. The van der Waals surface area contributed by atoms with Crippen LogP contribution >= 0.6 is 15.9 Å². The maximum absolute atomic E-state index is 13.5. The van der Waals surface area contributed by atoms with Crippen LogP contribution in [0, 0.1) is 17.6 Å². The molecule has 114 valence electrons. The maximum atomic E-state index is 13.5. The first kappa shape index (κ1) is 16.0. The van der Waals surface area contributed by atoms with Crippen LogP contribution < -0.4 is 0 Å². The van der Waals surface area contributed by atoms with E-state index >= 15 is 0 Å². The quantitative estimate of drug-likeness (QED) is 0.825. The third-order valence-electron chi connectivity index (χ3n) is 2.90. The van der Waals surface area contributed by atoms with E-state index in [-0.39, 0.29) is 22.6 Å². The average Bonchev–Trinajstić information content (AvgIpc) is 2.83. The van der Waals surface area contributed by atoms with Gasteiger partial charge in [0.1, 0.15) is 0 Å². The number of aliphatic hydroxyl groups excluding tert-OH is 1. The molecule has 7 heteroatoms. The molecule has 0 fully saturated rings. The number of benzene rings is 1. The Morgan fingerprint density at radius 1 is 1.33 bits per heavy atom. The molecule has 0 saturated heterocycles. The van der Waals surface area contributed by atoms with E-state index in [1.165, 1.54) is 6.07 Å². The van der Waals surface area contributed by atoms with E-state index in [4.69, 9.17) is 4.52 Å². The zero-order chi connectivity index (χ0) is 15.6. The minimum Gasteiger partial charge on any atom is -0.393 e. The lowest BCUT2D eigenvalue weighted by Crippen LogP contribution is -2.13. The normalized spacial score (nSPS) is 12.9. The summed E-state index contributed by atoms with van der Waals surface area (Å²) in [5, 5.41) is 13.6. The third kappa shape index (κ3) is 3.85. The number of nitrogens with zero attached hydrogens (tertiary/aromatic N) is 2. The van der Waals surface area contributed by atoms with Crippen LogP contribution in [0.15, 0.2) is 21.1 Å². The number of halogens is 3. The standard InChI is InChI=1S/C14H15BrF2N2O2/c1-7(2)5-8(20)6-11-18-14(19-21-11)9-3-4-10(16)13(17)12(9)15/h3-4,7-8,20H,5-6H2,1-2H3. The van der Waals surface area contributed by atoms with Gasteiger partial charge in [-0.1, -0.05) is 19.0 Å². The van der Waals surface area contributed by atoms with E-state index in [2.05, 4.69) is 26.1 Å². The maximum Gasteiger partial charge on any atom is 0.229 e. The van der Waals surface area contributed by atoms with Gasteiger partial charge in [-0.15, -0.1) is 0 Å². The van der Waals surface area contributed by atoms with Gasteiger partial charge in [0.15, 0.2) is 11.6 Å². The lowest BCUT2D eigenvalue weighted by atomic mass is 10.0. The Hall–Kier alpha value is -1.34.